The minimum absolute atomic E-state index is 0.346. The van der Waals surface area contributed by atoms with Crippen LogP contribution in [0.1, 0.15) is 64.7 Å². The Bertz CT molecular complexity index is 233. The predicted octanol–water partition coefficient (Wildman–Crippen LogP) is 2.86. The summed E-state index contributed by atoms with van der Waals surface area (Å²) in [6, 6.07) is 0.624. The van der Waals surface area contributed by atoms with Crippen molar-refractivity contribution < 1.29 is 9.84 Å². The van der Waals surface area contributed by atoms with Gasteiger partial charge in [-0.25, -0.2) is 0 Å². The van der Waals surface area contributed by atoms with Gasteiger partial charge in [-0.15, -0.1) is 0 Å². The van der Waals surface area contributed by atoms with E-state index < -0.39 is 0 Å². The van der Waals surface area contributed by atoms with Gasteiger partial charge in [0.2, 0.25) is 0 Å². The molecule has 0 saturated heterocycles. The van der Waals surface area contributed by atoms with Gasteiger partial charge in [-0.3, -0.25) is 0 Å². The molecule has 2 aliphatic rings. The topological polar surface area (TPSA) is 41.5 Å². The second-order valence-corrected chi connectivity index (χ2v) is 6.61. The van der Waals surface area contributed by atoms with Gasteiger partial charge >= 0.3 is 0 Å². The molecular weight excluding hydrogens is 238 g/mol. The molecule has 0 bridgehead atoms. The quantitative estimate of drug-likeness (QED) is 0.779. The summed E-state index contributed by atoms with van der Waals surface area (Å²) < 4.78 is 5.84. The molecule has 2 rings (SSSR count). The van der Waals surface area contributed by atoms with Crippen molar-refractivity contribution in [2.45, 2.75) is 83.0 Å². The number of hydrogen-bond donors (Lipinski definition) is 2. The summed E-state index contributed by atoms with van der Waals surface area (Å²) in [5.74, 6) is 0.859. The lowest BCUT2D eigenvalue weighted by molar-refractivity contribution is -0.0286. The summed E-state index contributed by atoms with van der Waals surface area (Å²) in [6.45, 7) is 3.51. The molecule has 0 aromatic heterocycles. The molecule has 3 nitrogen and oxygen atoms in total. The van der Waals surface area contributed by atoms with E-state index in [4.69, 9.17) is 4.74 Å². The van der Waals surface area contributed by atoms with Crippen LogP contribution in [0.4, 0.5) is 0 Å². The molecule has 2 saturated carbocycles. The van der Waals surface area contributed by atoms with Gasteiger partial charge in [0.05, 0.1) is 18.8 Å². The number of ether oxygens (including phenoxy) is 1. The van der Waals surface area contributed by atoms with Crippen molar-refractivity contribution in [2.75, 3.05) is 13.2 Å². The average Bonchev–Trinajstić information content (AvgIpc) is 2.45. The van der Waals surface area contributed by atoms with Crippen molar-refractivity contribution in [3.63, 3.8) is 0 Å². The van der Waals surface area contributed by atoms with E-state index in [1.54, 1.807) is 0 Å². The molecule has 0 amide bonds. The zero-order valence-electron chi connectivity index (χ0n) is 12.4. The fourth-order valence-electron chi connectivity index (χ4n) is 3.31. The molecule has 2 fully saturated rings. The highest BCUT2D eigenvalue weighted by Gasteiger charge is 2.20. The molecular formula is C16H31NO2. The number of nitrogens with one attached hydrogen (secondary N) is 1. The van der Waals surface area contributed by atoms with Gasteiger partial charge in [0, 0.05) is 12.6 Å². The third kappa shape index (κ3) is 5.80. The Hall–Kier alpha value is -0.120. The van der Waals surface area contributed by atoms with Gasteiger partial charge < -0.3 is 15.2 Å². The van der Waals surface area contributed by atoms with Crippen LogP contribution in [0.2, 0.25) is 0 Å². The summed E-state index contributed by atoms with van der Waals surface area (Å²) in [5.41, 5.74) is 0. The first kappa shape index (κ1) is 15.3. The molecule has 2 aliphatic carbocycles. The SMILES string of the molecule is CC1CCC(OCC(O)CNC2CCCCC2)CC1. The molecule has 3 heteroatoms. The summed E-state index contributed by atoms with van der Waals surface area (Å²) in [4.78, 5) is 0. The maximum atomic E-state index is 9.97. The number of hydrogen-bond acceptors (Lipinski definition) is 3. The van der Waals surface area contributed by atoms with Gasteiger partial charge in [-0.05, 0) is 44.4 Å². The Balaban J connectivity index is 1.52. The molecule has 0 aromatic rings. The lowest BCUT2D eigenvalue weighted by atomic mass is 9.89. The fraction of sp³-hybridized carbons (Fsp3) is 1.00. The second kappa shape index (κ2) is 8.23. The van der Waals surface area contributed by atoms with E-state index in [2.05, 4.69) is 12.2 Å². The molecule has 1 atom stereocenters. The predicted molar refractivity (Wildman–Crippen MR) is 78.3 cm³/mol. The summed E-state index contributed by atoms with van der Waals surface area (Å²) >= 11 is 0. The van der Waals surface area contributed by atoms with Crippen LogP contribution in [0.25, 0.3) is 0 Å². The van der Waals surface area contributed by atoms with Gasteiger partial charge in [0.25, 0.3) is 0 Å². The lowest BCUT2D eigenvalue weighted by Crippen LogP contribution is -2.39. The van der Waals surface area contributed by atoms with Gasteiger partial charge in [0.1, 0.15) is 0 Å². The van der Waals surface area contributed by atoms with E-state index >= 15 is 0 Å². The van der Waals surface area contributed by atoms with Crippen LogP contribution in [-0.2, 0) is 4.74 Å². The fourth-order valence-corrected chi connectivity index (χ4v) is 3.31. The summed E-state index contributed by atoms with van der Waals surface area (Å²) in [5, 5.41) is 13.5. The highest BCUT2D eigenvalue weighted by molar-refractivity contribution is 4.74. The smallest absolute Gasteiger partial charge is 0.0897 e. The maximum Gasteiger partial charge on any atom is 0.0897 e. The number of aliphatic hydroxyl groups excluding tert-OH is 1. The van der Waals surface area contributed by atoms with Crippen molar-refractivity contribution in [1.82, 2.24) is 5.32 Å². The zero-order valence-corrected chi connectivity index (χ0v) is 12.4. The molecule has 2 N–H and O–H groups in total. The third-order valence-corrected chi connectivity index (χ3v) is 4.73. The van der Waals surface area contributed by atoms with Gasteiger partial charge in [-0.1, -0.05) is 26.2 Å². The first-order chi connectivity index (χ1) is 9.24. The maximum absolute atomic E-state index is 9.97. The van der Waals surface area contributed by atoms with E-state index in [1.165, 1.54) is 57.8 Å². The van der Waals surface area contributed by atoms with E-state index in [0.29, 0.717) is 25.3 Å². The Morgan fingerprint density at radius 1 is 1.05 bits per heavy atom. The normalized spacial score (nSPS) is 31.3. The van der Waals surface area contributed by atoms with Crippen molar-refractivity contribution in [1.29, 1.82) is 0 Å². The average molecular weight is 269 g/mol. The van der Waals surface area contributed by atoms with Crippen molar-refractivity contribution in [3.05, 3.63) is 0 Å². The first-order valence-corrected chi connectivity index (χ1v) is 8.27. The zero-order chi connectivity index (χ0) is 13.5. The van der Waals surface area contributed by atoms with Crippen molar-refractivity contribution in [2.24, 2.45) is 5.92 Å². The van der Waals surface area contributed by atoms with Crippen LogP contribution in [0, 0.1) is 5.92 Å². The number of aliphatic hydroxyl groups is 1. The van der Waals surface area contributed by atoms with E-state index in [-0.39, 0.29) is 6.10 Å². The minimum Gasteiger partial charge on any atom is -0.389 e. The van der Waals surface area contributed by atoms with E-state index in [0.717, 1.165) is 5.92 Å². The molecule has 0 aromatic carbocycles. The van der Waals surface area contributed by atoms with E-state index in [1.807, 2.05) is 0 Å². The summed E-state index contributed by atoms with van der Waals surface area (Å²) in [6.07, 6.45) is 11.5. The molecule has 0 spiro atoms. The van der Waals surface area contributed by atoms with Crippen LogP contribution in [0.3, 0.4) is 0 Å². The van der Waals surface area contributed by atoms with Crippen molar-refractivity contribution >= 4 is 0 Å². The lowest BCUT2D eigenvalue weighted by Gasteiger charge is -2.28. The highest BCUT2D eigenvalue weighted by atomic mass is 16.5. The standard InChI is InChI=1S/C16H31NO2/c1-13-7-9-16(10-8-13)19-12-15(18)11-17-14-5-3-2-4-6-14/h13-18H,2-12H2,1H3. The Labute approximate surface area is 118 Å². The monoisotopic (exact) mass is 269 g/mol. The molecule has 19 heavy (non-hydrogen) atoms. The molecule has 0 heterocycles. The van der Waals surface area contributed by atoms with E-state index in [9.17, 15) is 5.11 Å². The summed E-state index contributed by atoms with van der Waals surface area (Å²) in [7, 11) is 0. The van der Waals surface area contributed by atoms with Crippen LogP contribution in [0.15, 0.2) is 0 Å². The molecule has 112 valence electrons. The van der Waals surface area contributed by atoms with Gasteiger partial charge in [0.15, 0.2) is 0 Å². The molecule has 0 aliphatic heterocycles. The van der Waals surface area contributed by atoms with Crippen LogP contribution >= 0.6 is 0 Å². The van der Waals surface area contributed by atoms with Crippen LogP contribution in [-0.4, -0.2) is 36.5 Å². The van der Waals surface area contributed by atoms with Crippen LogP contribution < -0.4 is 5.32 Å². The Morgan fingerprint density at radius 3 is 2.42 bits per heavy atom. The highest BCUT2D eigenvalue weighted by Crippen LogP contribution is 2.25. The first-order valence-electron chi connectivity index (χ1n) is 8.27. The van der Waals surface area contributed by atoms with Crippen molar-refractivity contribution in [3.8, 4) is 0 Å². The Kier molecular flexibility index (Phi) is 6.62. The second-order valence-electron chi connectivity index (χ2n) is 6.61. The molecule has 0 radical (unpaired) electrons. The largest absolute Gasteiger partial charge is 0.389 e. The van der Waals surface area contributed by atoms with Gasteiger partial charge in [-0.2, -0.15) is 0 Å². The van der Waals surface area contributed by atoms with Crippen LogP contribution in [0.5, 0.6) is 0 Å². The Morgan fingerprint density at radius 2 is 1.74 bits per heavy atom. The third-order valence-electron chi connectivity index (χ3n) is 4.73. The molecule has 1 unspecified atom stereocenters. The number of rotatable bonds is 6. The minimum atomic E-state index is -0.346.